The highest BCUT2D eigenvalue weighted by molar-refractivity contribution is 6.36. The van der Waals surface area contributed by atoms with Gasteiger partial charge in [-0.2, -0.15) is 0 Å². The van der Waals surface area contributed by atoms with Crippen molar-refractivity contribution in [3.8, 4) is 0 Å². The Kier molecular flexibility index (Phi) is 6.90. The van der Waals surface area contributed by atoms with E-state index in [2.05, 4.69) is 10.6 Å². The van der Waals surface area contributed by atoms with Crippen molar-refractivity contribution in [3.05, 3.63) is 33.8 Å². The zero-order chi connectivity index (χ0) is 17.7. The lowest BCUT2D eigenvalue weighted by molar-refractivity contribution is -0.124. The Morgan fingerprint density at radius 1 is 1.33 bits per heavy atom. The number of carbonyl (C=O) groups excluding carboxylic acids is 2. The Bertz CT molecular complexity index is 601. The minimum atomic E-state index is -0.648. The van der Waals surface area contributed by atoms with Crippen molar-refractivity contribution < 1.29 is 14.3 Å². The molecule has 2 rings (SSSR count). The van der Waals surface area contributed by atoms with Gasteiger partial charge in [0, 0.05) is 18.2 Å². The molecular formula is C17H22Cl2N2O3. The van der Waals surface area contributed by atoms with Gasteiger partial charge in [-0.05, 0) is 37.0 Å². The van der Waals surface area contributed by atoms with Gasteiger partial charge in [-0.15, -0.1) is 0 Å². The second-order valence-electron chi connectivity index (χ2n) is 6.20. The maximum absolute atomic E-state index is 12.4. The largest absolute Gasteiger partial charge is 0.376 e. The quantitative estimate of drug-likeness (QED) is 0.806. The third-order valence-corrected chi connectivity index (χ3v) is 4.49. The normalized spacial score (nSPS) is 18.5. The molecule has 5 nitrogen and oxygen atoms in total. The summed E-state index contributed by atoms with van der Waals surface area (Å²) in [6, 6.07) is 3.98. The van der Waals surface area contributed by atoms with Gasteiger partial charge in [0.1, 0.15) is 6.04 Å². The van der Waals surface area contributed by atoms with Crippen LogP contribution in [-0.4, -0.2) is 37.1 Å². The Balaban J connectivity index is 1.98. The number of ether oxygens (including phenoxy) is 1. The summed E-state index contributed by atoms with van der Waals surface area (Å²) in [7, 11) is 0. The maximum Gasteiger partial charge on any atom is 0.253 e. The van der Waals surface area contributed by atoms with E-state index in [4.69, 9.17) is 27.9 Å². The Morgan fingerprint density at radius 2 is 2.08 bits per heavy atom. The zero-order valence-electron chi connectivity index (χ0n) is 13.8. The van der Waals surface area contributed by atoms with Gasteiger partial charge in [-0.3, -0.25) is 9.59 Å². The summed E-state index contributed by atoms with van der Waals surface area (Å²) < 4.78 is 5.49. The number of halogens is 2. The highest BCUT2D eigenvalue weighted by Crippen LogP contribution is 2.21. The maximum atomic E-state index is 12.4. The van der Waals surface area contributed by atoms with Crippen molar-refractivity contribution in [2.75, 3.05) is 13.2 Å². The molecule has 1 aromatic carbocycles. The van der Waals surface area contributed by atoms with Gasteiger partial charge in [-0.25, -0.2) is 0 Å². The molecule has 1 heterocycles. The Hall–Kier alpha value is -1.30. The monoisotopic (exact) mass is 372 g/mol. The number of nitrogens with one attached hydrogen (secondary N) is 2. The molecule has 1 aromatic rings. The third-order valence-electron chi connectivity index (χ3n) is 3.94. The predicted octanol–water partition coefficient (Wildman–Crippen LogP) is 3.04. The van der Waals surface area contributed by atoms with Crippen LogP contribution in [0.4, 0.5) is 0 Å². The smallest absolute Gasteiger partial charge is 0.253 e. The molecule has 2 unspecified atom stereocenters. The van der Waals surface area contributed by atoms with E-state index in [1.54, 1.807) is 12.1 Å². The highest BCUT2D eigenvalue weighted by Gasteiger charge is 2.26. The average molecular weight is 373 g/mol. The molecule has 7 heteroatoms. The van der Waals surface area contributed by atoms with Crippen molar-refractivity contribution in [1.29, 1.82) is 0 Å². The lowest BCUT2D eigenvalue weighted by Gasteiger charge is -2.23. The van der Waals surface area contributed by atoms with Crippen LogP contribution in [0, 0.1) is 5.92 Å². The van der Waals surface area contributed by atoms with E-state index in [9.17, 15) is 9.59 Å². The number of hydrogen-bond acceptors (Lipinski definition) is 3. The molecule has 1 fully saturated rings. The number of hydrogen-bond donors (Lipinski definition) is 2. The van der Waals surface area contributed by atoms with Gasteiger partial charge < -0.3 is 15.4 Å². The fraction of sp³-hybridized carbons (Fsp3) is 0.529. The van der Waals surface area contributed by atoms with Gasteiger partial charge in [-0.1, -0.05) is 37.0 Å². The van der Waals surface area contributed by atoms with E-state index < -0.39 is 11.9 Å². The SMILES string of the molecule is CC(C)C(NC(=O)c1ccc(Cl)cc1Cl)C(=O)NCC1CCCO1. The lowest BCUT2D eigenvalue weighted by atomic mass is 10.0. The van der Waals surface area contributed by atoms with E-state index in [0.717, 1.165) is 19.4 Å². The second-order valence-corrected chi connectivity index (χ2v) is 7.04. The van der Waals surface area contributed by atoms with Crippen molar-refractivity contribution in [1.82, 2.24) is 10.6 Å². The van der Waals surface area contributed by atoms with Gasteiger partial charge in [0.25, 0.3) is 5.91 Å². The molecular weight excluding hydrogens is 351 g/mol. The molecule has 2 atom stereocenters. The predicted molar refractivity (Wildman–Crippen MR) is 94.5 cm³/mol. The second kappa shape index (κ2) is 8.70. The zero-order valence-corrected chi connectivity index (χ0v) is 15.3. The number of amides is 2. The van der Waals surface area contributed by atoms with Crippen molar-refractivity contribution >= 4 is 35.0 Å². The van der Waals surface area contributed by atoms with Crippen molar-refractivity contribution in [2.24, 2.45) is 5.92 Å². The molecule has 1 aliphatic rings. The van der Waals surface area contributed by atoms with Crippen LogP contribution in [0.5, 0.6) is 0 Å². The van der Waals surface area contributed by atoms with Crippen LogP contribution in [-0.2, 0) is 9.53 Å². The van der Waals surface area contributed by atoms with Crippen molar-refractivity contribution in [3.63, 3.8) is 0 Å². The fourth-order valence-corrected chi connectivity index (χ4v) is 3.05. The van der Waals surface area contributed by atoms with E-state index >= 15 is 0 Å². The Labute approximate surface area is 152 Å². The molecule has 0 radical (unpaired) electrons. The van der Waals surface area contributed by atoms with Gasteiger partial charge >= 0.3 is 0 Å². The standard InChI is InChI=1S/C17H22Cl2N2O3/c1-10(2)15(17(23)20-9-12-4-3-7-24-12)21-16(22)13-6-5-11(18)8-14(13)19/h5-6,8,10,12,15H,3-4,7,9H2,1-2H3,(H,20,23)(H,21,22). The first kappa shape index (κ1) is 19.0. The molecule has 24 heavy (non-hydrogen) atoms. The molecule has 1 saturated heterocycles. The molecule has 132 valence electrons. The van der Waals surface area contributed by atoms with Gasteiger partial charge in [0.2, 0.25) is 5.91 Å². The van der Waals surface area contributed by atoms with E-state index in [0.29, 0.717) is 17.1 Å². The summed E-state index contributed by atoms with van der Waals surface area (Å²) >= 11 is 11.9. The summed E-state index contributed by atoms with van der Waals surface area (Å²) in [5.74, 6) is -0.689. The number of carbonyl (C=O) groups is 2. The van der Waals surface area contributed by atoms with Gasteiger partial charge in [0.15, 0.2) is 0 Å². The van der Waals surface area contributed by atoms with Crippen LogP contribution in [0.2, 0.25) is 10.0 Å². The minimum absolute atomic E-state index is 0.0585. The molecule has 0 aliphatic carbocycles. The molecule has 1 aliphatic heterocycles. The molecule has 0 aromatic heterocycles. The molecule has 2 amide bonds. The molecule has 0 bridgehead atoms. The molecule has 0 spiro atoms. The van der Waals surface area contributed by atoms with E-state index in [1.807, 2.05) is 13.8 Å². The van der Waals surface area contributed by atoms with Crippen LogP contribution in [0.15, 0.2) is 18.2 Å². The summed E-state index contributed by atoms with van der Waals surface area (Å²) in [5, 5.41) is 6.31. The number of rotatable bonds is 6. The molecule has 0 saturated carbocycles. The van der Waals surface area contributed by atoms with Crippen LogP contribution in [0.25, 0.3) is 0 Å². The average Bonchev–Trinajstić information content (AvgIpc) is 3.03. The minimum Gasteiger partial charge on any atom is -0.376 e. The summed E-state index contributed by atoms with van der Waals surface area (Å²) in [5.41, 5.74) is 0.290. The Morgan fingerprint density at radius 3 is 2.67 bits per heavy atom. The van der Waals surface area contributed by atoms with E-state index in [-0.39, 0.29) is 23.0 Å². The van der Waals surface area contributed by atoms with Crippen LogP contribution >= 0.6 is 23.2 Å². The topological polar surface area (TPSA) is 67.4 Å². The highest BCUT2D eigenvalue weighted by atomic mass is 35.5. The van der Waals surface area contributed by atoms with E-state index in [1.165, 1.54) is 6.07 Å². The summed E-state index contributed by atoms with van der Waals surface area (Å²) in [4.78, 5) is 24.8. The molecule has 2 N–H and O–H groups in total. The third kappa shape index (κ3) is 5.10. The fourth-order valence-electron chi connectivity index (χ4n) is 2.56. The first-order chi connectivity index (χ1) is 11.4. The number of benzene rings is 1. The van der Waals surface area contributed by atoms with Crippen LogP contribution in [0.3, 0.4) is 0 Å². The summed E-state index contributed by atoms with van der Waals surface area (Å²) in [6.45, 7) is 4.94. The van der Waals surface area contributed by atoms with Crippen LogP contribution < -0.4 is 10.6 Å². The first-order valence-electron chi connectivity index (χ1n) is 8.03. The lowest BCUT2D eigenvalue weighted by Crippen LogP contribution is -2.51. The van der Waals surface area contributed by atoms with Gasteiger partial charge in [0.05, 0.1) is 16.7 Å². The summed E-state index contributed by atoms with van der Waals surface area (Å²) in [6.07, 6.45) is 2.02. The van der Waals surface area contributed by atoms with Crippen molar-refractivity contribution in [2.45, 2.75) is 38.8 Å². The van der Waals surface area contributed by atoms with Crippen LogP contribution in [0.1, 0.15) is 37.0 Å². The first-order valence-corrected chi connectivity index (χ1v) is 8.79.